The van der Waals surface area contributed by atoms with Gasteiger partial charge < -0.3 is 55.8 Å². The number of ether oxygens (including phenoxy) is 5. The predicted octanol–water partition coefficient (Wildman–Crippen LogP) is 3.42. The number of likely N-dealkylation sites (tertiary alicyclic amines) is 1. The quantitative estimate of drug-likeness (QED) is 0.0662. The Morgan fingerprint density at radius 3 is 2.11 bits per heavy atom. The van der Waals surface area contributed by atoms with E-state index in [1.165, 1.54) is 10.5 Å². The van der Waals surface area contributed by atoms with E-state index in [-0.39, 0.29) is 69.7 Å². The van der Waals surface area contributed by atoms with Crippen molar-refractivity contribution in [2.24, 2.45) is 16.9 Å². The first kappa shape index (κ1) is 51.3. The molecule has 16 nitrogen and oxygen atoms in total. The Bertz CT molecular complexity index is 1850. The Morgan fingerprint density at radius 2 is 1.51 bits per heavy atom. The van der Waals surface area contributed by atoms with Crippen LogP contribution in [0.15, 0.2) is 54.0 Å². The van der Waals surface area contributed by atoms with Gasteiger partial charge in [0.25, 0.3) is 0 Å². The molecule has 0 radical (unpaired) electrons. The molecule has 7 N–H and O–H groups in total. The molecule has 2 aromatic carbocycles. The minimum atomic E-state index is -0.956. The number of carbonyl (C=O) groups is 4. The third-order valence-corrected chi connectivity index (χ3v) is 11.7. The van der Waals surface area contributed by atoms with E-state index < -0.39 is 35.4 Å². The van der Waals surface area contributed by atoms with E-state index in [9.17, 15) is 24.3 Å². The molecule has 1 aliphatic heterocycles. The van der Waals surface area contributed by atoms with Crippen molar-refractivity contribution in [2.75, 3.05) is 59.4 Å². The summed E-state index contributed by atoms with van der Waals surface area (Å²) >= 11 is 1.57. The summed E-state index contributed by atoms with van der Waals surface area (Å²) < 4.78 is 28.2. The molecule has 0 aliphatic carbocycles. The normalized spacial score (nSPS) is 16.7. The number of aryl methyl sites for hydroxylation is 2. The number of aliphatic hydroxyl groups excluding tert-OH is 1. The summed E-state index contributed by atoms with van der Waals surface area (Å²) in [7, 11) is 0. The van der Waals surface area contributed by atoms with Crippen LogP contribution < -0.4 is 22.1 Å². The molecule has 1 aromatic heterocycles. The van der Waals surface area contributed by atoms with E-state index >= 15 is 0 Å². The minimum Gasteiger partial charge on any atom is -0.391 e. The van der Waals surface area contributed by atoms with Crippen molar-refractivity contribution >= 4 is 35.0 Å². The zero-order chi connectivity index (χ0) is 45.8. The van der Waals surface area contributed by atoms with E-state index in [0.717, 1.165) is 40.1 Å². The maximum atomic E-state index is 13.9. The number of hydrogen-bond donors (Lipinski definition) is 5. The molecular weight excluding hydrogens is 829 g/mol. The van der Waals surface area contributed by atoms with Crippen molar-refractivity contribution < 1.29 is 48.0 Å². The zero-order valence-electron chi connectivity index (χ0n) is 37.5. The minimum absolute atomic E-state index is 0.0119. The first-order valence-electron chi connectivity index (χ1n) is 21.7. The molecule has 3 aromatic rings. The van der Waals surface area contributed by atoms with Crippen molar-refractivity contribution in [3.63, 3.8) is 0 Å². The maximum absolute atomic E-state index is 13.9. The number of hydrogen-bond acceptors (Lipinski definition) is 13. The van der Waals surface area contributed by atoms with Gasteiger partial charge in [-0.1, -0.05) is 69.3 Å². The van der Waals surface area contributed by atoms with E-state index in [1.54, 1.807) is 11.3 Å². The molecule has 1 saturated heterocycles. The summed E-state index contributed by atoms with van der Waals surface area (Å²) in [6.45, 7) is 12.5. The molecule has 0 saturated carbocycles. The van der Waals surface area contributed by atoms with Crippen LogP contribution in [0.4, 0.5) is 0 Å². The molecule has 348 valence electrons. The summed E-state index contributed by atoms with van der Waals surface area (Å²) in [4.78, 5) is 57.9. The Labute approximate surface area is 375 Å². The number of amides is 4. The summed E-state index contributed by atoms with van der Waals surface area (Å²) in [6, 6.07) is 14.0. The lowest BCUT2D eigenvalue weighted by molar-refractivity contribution is -0.144. The van der Waals surface area contributed by atoms with Crippen molar-refractivity contribution in [1.82, 2.24) is 20.5 Å². The highest BCUT2D eigenvalue weighted by Crippen LogP contribution is 2.28. The number of primary amides is 1. The molecule has 63 heavy (non-hydrogen) atoms. The van der Waals surface area contributed by atoms with Crippen molar-refractivity contribution in [2.45, 2.75) is 110 Å². The fourth-order valence-electron chi connectivity index (χ4n) is 6.88. The molecule has 1 fully saturated rings. The van der Waals surface area contributed by atoms with Crippen LogP contribution in [0.2, 0.25) is 0 Å². The number of thiazole rings is 1. The number of nitrogens with zero attached hydrogens (tertiary/aromatic N) is 2. The molecule has 0 spiro atoms. The number of benzene rings is 2. The third-order valence-electron chi connectivity index (χ3n) is 10.7. The Kier molecular flexibility index (Phi) is 21.5. The first-order valence-corrected chi connectivity index (χ1v) is 22.6. The summed E-state index contributed by atoms with van der Waals surface area (Å²) in [5.41, 5.74) is 17.6. The average molecular weight is 897 g/mol. The standard InChI is InChI=1S/C46H68N6O10S/c1-31-42(63-30-50-31)36-14-12-34(13-15-36)26-49-44(56)39-25-37(53)27-52(39)45(57)43(46(3,4)5)51-41(55)29-61-24-23-60-22-21-59-20-19-58-18-6-7-33-8-10-35(11-9-33)28-62-32(2)38(47)16-17-40(48)54/h8-15,30,32,37-39,43,53H,6-7,16-29,47H2,1-5H3,(H2,48,54)(H,49,56)(H,51,55)/t32-,37-,38+,39+,43-/m1/s1. The number of β-amino-alcohol motifs (C(OH)–C–C–N with tert-alkyl or cyclic N) is 1. The van der Waals surface area contributed by atoms with Crippen molar-refractivity contribution in [3.05, 3.63) is 76.4 Å². The largest absolute Gasteiger partial charge is 0.391 e. The second-order valence-corrected chi connectivity index (χ2v) is 17.8. The highest BCUT2D eigenvalue weighted by molar-refractivity contribution is 7.13. The molecular formula is C46H68N6O10S. The number of rotatable bonds is 28. The number of nitrogens with two attached hydrogens (primary N) is 2. The van der Waals surface area contributed by atoms with Gasteiger partial charge in [-0.3, -0.25) is 19.2 Å². The van der Waals surface area contributed by atoms with Crippen LogP contribution in [0.25, 0.3) is 10.4 Å². The molecule has 5 atom stereocenters. The van der Waals surface area contributed by atoms with Crippen LogP contribution in [-0.4, -0.2) is 128 Å². The number of nitrogens with one attached hydrogen (secondary N) is 2. The van der Waals surface area contributed by atoms with Crippen LogP contribution in [-0.2, 0) is 62.4 Å². The first-order chi connectivity index (χ1) is 30.1. The van der Waals surface area contributed by atoms with Gasteiger partial charge in [-0.25, -0.2) is 4.98 Å². The predicted molar refractivity (Wildman–Crippen MR) is 240 cm³/mol. The lowest BCUT2D eigenvalue weighted by Gasteiger charge is -2.35. The average Bonchev–Trinajstić information content (AvgIpc) is 3.87. The van der Waals surface area contributed by atoms with E-state index in [0.29, 0.717) is 46.1 Å². The van der Waals surface area contributed by atoms with Gasteiger partial charge in [0.2, 0.25) is 23.6 Å². The van der Waals surface area contributed by atoms with Crippen molar-refractivity contribution in [3.8, 4) is 10.4 Å². The van der Waals surface area contributed by atoms with Crippen LogP contribution in [0, 0.1) is 12.3 Å². The van der Waals surface area contributed by atoms with E-state index in [4.69, 9.17) is 35.2 Å². The monoisotopic (exact) mass is 896 g/mol. The lowest BCUT2D eigenvalue weighted by atomic mass is 9.85. The molecule has 4 rings (SSSR count). The molecule has 0 bridgehead atoms. The second kappa shape index (κ2) is 26.5. The van der Waals surface area contributed by atoms with Gasteiger partial charge >= 0.3 is 0 Å². The number of carbonyl (C=O) groups excluding carboxylic acids is 4. The number of aliphatic hydroxyl groups is 1. The highest BCUT2D eigenvalue weighted by Gasteiger charge is 2.44. The smallest absolute Gasteiger partial charge is 0.246 e. The Balaban J connectivity index is 1.03. The fourth-order valence-corrected chi connectivity index (χ4v) is 7.69. The summed E-state index contributed by atoms with van der Waals surface area (Å²) in [5.74, 6) is -1.65. The third kappa shape index (κ3) is 18.0. The topological polar surface area (TPSA) is 227 Å². The molecule has 2 heterocycles. The maximum Gasteiger partial charge on any atom is 0.246 e. The number of aromatic nitrogens is 1. The molecule has 1 aliphatic rings. The van der Waals surface area contributed by atoms with Gasteiger partial charge in [-0.05, 0) is 60.8 Å². The van der Waals surface area contributed by atoms with Crippen LogP contribution in [0.1, 0.15) is 75.8 Å². The molecule has 0 unspecified atom stereocenters. The summed E-state index contributed by atoms with van der Waals surface area (Å²) in [6.07, 6.45) is 1.57. The Hall–Kier alpha value is -4.33. The van der Waals surface area contributed by atoms with Crippen molar-refractivity contribution in [1.29, 1.82) is 0 Å². The van der Waals surface area contributed by atoms with Gasteiger partial charge in [0.1, 0.15) is 18.7 Å². The zero-order valence-corrected chi connectivity index (χ0v) is 38.3. The van der Waals surface area contributed by atoms with Gasteiger partial charge in [-0.15, -0.1) is 11.3 Å². The fraction of sp³-hybridized carbons (Fsp3) is 0.587. The second-order valence-electron chi connectivity index (χ2n) is 16.9. The van der Waals surface area contributed by atoms with Gasteiger partial charge in [-0.2, -0.15) is 0 Å². The van der Waals surface area contributed by atoms with Crippen LogP contribution in [0.5, 0.6) is 0 Å². The van der Waals surface area contributed by atoms with Gasteiger partial charge in [0.05, 0.1) is 74.5 Å². The van der Waals surface area contributed by atoms with Crippen LogP contribution in [0.3, 0.4) is 0 Å². The lowest BCUT2D eigenvalue weighted by Crippen LogP contribution is -2.58. The Morgan fingerprint density at radius 1 is 0.905 bits per heavy atom. The van der Waals surface area contributed by atoms with Gasteiger partial charge in [0, 0.05) is 38.6 Å². The molecule has 17 heteroatoms. The molecule has 4 amide bonds. The highest BCUT2D eigenvalue weighted by atomic mass is 32.1. The van der Waals surface area contributed by atoms with Crippen LogP contribution >= 0.6 is 11.3 Å². The summed E-state index contributed by atoms with van der Waals surface area (Å²) in [5, 5.41) is 16.2. The SMILES string of the molecule is Cc1ncsc1-c1ccc(CNC(=O)[C@@H]2C[C@@H](O)CN2C(=O)[C@@H](NC(=O)COCCOCCOCCOCCCc2ccc(CO[C@H](C)[C@@H](N)CCC(N)=O)cc2)C(C)(C)C)cc1. The van der Waals surface area contributed by atoms with Gasteiger partial charge in [0.15, 0.2) is 0 Å². The van der Waals surface area contributed by atoms with E-state index in [1.807, 2.05) is 76.5 Å². The van der Waals surface area contributed by atoms with E-state index in [2.05, 4.69) is 27.8 Å².